The van der Waals surface area contributed by atoms with Gasteiger partial charge in [-0.2, -0.15) is 0 Å². The van der Waals surface area contributed by atoms with Crippen LogP contribution in [0, 0.1) is 0 Å². The van der Waals surface area contributed by atoms with Crippen LogP contribution in [0.3, 0.4) is 0 Å². The zero-order chi connectivity index (χ0) is 8.23. The van der Waals surface area contributed by atoms with Crippen molar-refractivity contribution in [1.82, 2.24) is 21.3 Å². The lowest BCUT2D eigenvalue weighted by atomic mass is 10.1. The largest absolute Gasteiger partial charge is 0.314 e. The SMILES string of the molecule is C1CNC(C2CNCCN2)CN1. The van der Waals surface area contributed by atoms with E-state index in [1.807, 2.05) is 0 Å². The van der Waals surface area contributed by atoms with E-state index in [2.05, 4.69) is 21.3 Å². The minimum absolute atomic E-state index is 0.603. The van der Waals surface area contributed by atoms with Crippen molar-refractivity contribution in [3.63, 3.8) is 0 Å². The molecule has 0 saturated carbocycles. The standard InChI is InChI=1S/C8H18N4/c1-3-11-7(5-9-1)8-6-10-2-4-12-8/h7-12H,1-6H2. The maximum Gasteiger partial charge on any atom is 0.0359 e. The van der Waals surface area contributed by atoms with Crippen molar-refractivity contribution >= 4 is 0 Å². The molecule has 2 rings (SSSR count). The second-order valence-corrected chi connectivity index (χ2v) is 3.53. The van der Waals surface area contributed by atoms with Crippen LogP contribution in [0.1, 0.15) is 0 Å². The highest BCUT2D eigenvalue weighted by atomic mass is 15.1. The fourth-order valence-electron chi connectivity index (χ4n) is 1.92. The lowest BCUT2D eigenvalue weighted by molar-refractivity contribution is 0.294. The third kappa shape index (κ3) is 1.95. The Hall–Kier alpha value is -0.160. The first-order chi connectivity index (χ1) is 5.97. The first-order valence-corrected chi connectivity index (χ1v) is 4.85. The van der Waals surface area contributed by atoms with Gasteiger partial charge in [0.05, 0.1) is 0 Å². The maximum absolute atomic E-state index is 3.52. The van der Waals surface area contributed by atoms with E-state index in [4.69, 9.17) is 0 Å². The van der Waals surface area contributed by atoms with E-state index in [0.717, 1.165) is 39.3 Å². The maximum atomic E-state index is 3.52. The summed E-state index contributed by atoms with van der Waals surface area (Å²) in [5.74, 6) is 0. The Morgan fingerprint density at radius 1 is 0.667 bits per heavy atom. The molecule has 0 radical (unpaired) electrons. The smallest absolute Gasteiger partial charge is 0.0359 e. The van der Waals surface area contributed by atoms with Crippen molar-refractivity contribution < 1.29 is 0 Å². The van der Waals surface area contributed by atoms with Crippen molar-refractivity contribution in [1.29, 1.82) is 0 Å². The Bertz CT molecular complexity index is 111. The summed E-state index contributed by atoms with van der Waals surface area (Å²) in [5, 5.41) is 13.9. The lowest BCUT2D eigenvalue weighted by Crippen LogP contribution is -2.63. The molecule has 0 aromatic rings. The van der Waals surface area contributed by atoms with Crippen molar-refractivity contribution in [2.24, 2.45) is 0 Å². The zero-order valence-corrected chi connectivity index (χ0v) is 7.40. The van der Waals surface area contributed by atoms with Gasteiger partial charge >= 0.3 is 0 Å². The summed E-state index contributed by atoms with van der Waals surface area (Å²) >= 11 is 0. The van der Waals surface area contributed by atoms with Crippen molar-refractivity contribution in [3.8, 4) is 0 Å². The van der Waals surface area contributed by atoms with Crippen LogP contribution in [0.25, 0.3) is 0 Å². The average Bonchev–Trinajstić information content (AvgIpc) is 2.21. The van der Waals surface area contributed by atoms with Gasteiger partial charge in [-0.15, -0.1) is 0 Å². The Labute approximate surface area is 73.5 Å². The number of nitrogens with one attached hydrogen (secondary N) is 4. The van der Waals surface area contributed by atoms with E-state index >= 15 is 0 Å². The molecule has 0 amide bonds. The van der Waals surface area contributed by atoms with Crippen molar-refractivity contribution in [2.75, 3.05) is 39.3 Å². The van der Waals surface area contributed by atoms with Crippen LogP contribution in [0.15, 0.2) is 0 Å². The molecule has 4 heteroatoms. The molecule has 0 aliphatic carbocycles. The molecular formula is C8H18N4. The van der Waals surface area contributed by atoms with Crippen LogP contribution in [0.4, 0.5) is 0 Å². The van der Waals surface area contributed by atoms with Crippen LogP contribution in [0.2, 0.25) is 0 Å². The molecule has 2 atom stereocenters. The molecule has 2 aliphatic rings. The molecule has 2 unspecified atom stereocenters. The summed E-state index contributed by atoms with van der Waals surface area (Å²) in [6.07, 6.45) is 0. The summed E-state index contributed by atoms with van der Waals surface area (Å²) in [7, 11) is 0. The normalized spacial score (nSPS) is 38.0. The van der Waals surface area contributed by atoms with Crippen LogP contribution >= 0.6 is 0 Å². The molecule has 70 valence electrons. The molecule has 2 aliphatic heterocycles. The zero-order valence-electron chi connectivity index (χ0n) is 7.40. The molecule has 4 nitrogen and oxygen atoms in total. The third-order valence-corrected chi connectivity index (χ3v) is 2.63. The van der Waals surface area contributed by atoms with Crippen molar-refractivity contribution in [3.05, 3.63) is 0 Å². The predicted octanol–water partition coefficient (Wildman–Crippen LogP) is -1.89. The molecule has 12 heavy (non-hydrogen) atoms. The highest BCUT2D eigenvalue weighted by molar-refractivity contribution is 4.90. The second kappa shape index (κ2) is 4.18. The Balaban J connectivity index is 1.80. The van der Waals surface area contributed by atoms with Gasteiger partial charge in [-0.25, -0.2) is 0 Å². The van der Waals surface area contributed by atoms with Gasteiger partial charge in [0.15, 0.2) is 0 Å². The summed E-state index contributed by atoms with van der Waals surface area (Å²) < 4.78 is 0. The first kappa shape index (κ1) is 8.44. The van der Waals surface area contributed by atoms with Gasteiger partial charge in [0.25, 0.3) is 0 Å². The number of hydrogen-bond donors (Lipinski definition) is 4. The Morgan fingerprint density at radius 3 is 1.50 bits per heavy atom. The highest BCUT2D eigenvalue weighted by Gasteiger charge is 2.23. The summed E-state index contributed by atoms with van der Waals surface area (Å²) in [5.41, 5.74) is 0. The van der Waals surface area contributed by atoms with Gasteiger partial charge in [-0.1, -0.05) is 0 Å². The molecule has 2 heterocycles. The number of piperazine rings is 2. The van der Waals surface area contributed by atoms with E-state index in [1.54, 1.807) is 0 Å². The average molecular weight is 170 g/mol. The topological polar surface area (TPSA) is 48.1 Å². The van der Waals surface area contributed by atoms with Gasteiger partial charge in [-0.05, 0) is 0 Å². The third-order valence-electron chi connectivity index (χ3n) is 2.63. The lowest BCUT2D eigenvalue weighted by Gasteiger charge is -2.35. The van der Waals surface area contributed by atoms with E-state index in [9.17, 15) is 0 Å². The van der Waals surface area contributed by atoms with E-state index in [0.29, 0.717) is 12.1 Å². The Kier molecular flexibility index (Phi) is 2.94. The minimum Gasteiger partial charge on any atom is -0.314 e. The van der Waals surface area contributed by atoms with E-state index in [1.165, 1.54) is 0 Å². The predicted molar refractivity (Wildman–Crippen MR) is 49.3 cm³/mol. The van der Waals surface area contributed by atoms with Gasteiger partial charge < -0.3 is 21.3 Å². The first-order valence-electron chi connectivity index (χ1n) is 4.85. The molecular weight excluding hydrogens is 152 g/mol. The van der Waals surface area contributed by atoms with Crippen LogP contribution in [-0.4, -0.2) is 51.4 Å². The van der Waals surface area contributed by atoms with Gasteiger partial charge in [0, 0.05) is 51.4 Å². The summed E-state index contributed by atoms with van der Waals surface area (Å²) in [6.45, 7) is 6.61. The molecule has 2 saturated heterocycles. The molecule has 0 aromatic heterocycles. The van der Waals surface area contributed by atoms with Gasteiger partial charge in [-0.3, -0.25) is 0 Å². The minimum atomic E-state index is 0.603. The monoisotopic (exact) mass is 170 g/mol. The van der Waals surface area contributed by atoms with Gasteiger partial charge in [0.2, 0.25) is 0 Å². The van der Waals surface area contributed by atoms with Crippen LogP contribution in [0.5, 0.6) is 0 Å². The fraction of sp³-hybridized carbons (Fsp3) is 1.00. The molecule has 4 N–H and O–H groups in total. The van der Waals surface area contributed by atoms with Crippen molar-refractivity contribution in [2.45, 2.75) is 12.1 Å². The van der Waals surface area contributed by atoms with E-state index in [-0.39, 0.29) is 0 Å². The number of hydrogen-bond acceptors (Lipinski definition) is 4. The summed E-state index contributed by atoms with van der Waals surface area (Å²) in [4.78, 5) is 0. The fourth-order valence-corrected chi connectivity index (χ4v) is 1.92. The summed E-state index contributed by atoms with van der Waals surface area (Å²) in [6, 6.07) is 1.21. The van der Waals surface area contributed by atoms with E-state index < -0.39 is 0 Å². The van der Waals surface area contributed by atoms with Crippen LogP contribution < -0.4 is 21.3 Å². The molecule has 0 bridgehead atoms. The Morgan fingerprint density at radius 2 is 1.17 bits per heavy atom. The molecule has 0 spiro atoms. The molecule has 0 aromatic carbocycles. The highest BCUT2D eigenvalue weighted by Crippen LogP contribution is 1.97. The van der Waals surface area contributed by atoms with Crippen LogP contribution in [-0.2, 0) is 0 Å². The quantitative estimate of drug-likeness (QED) is 0.372. The second-order valence-electron chi connectivity index (χ2n) is 3.53. The molecule has 2 fully saturated rings. The number of rotatable bonds is 1. The van der Waals surface area contributed by atoms with Gasteiger partial charge in [0.1, 0.15) is 0 Å².